The topological polar surface area (TPSA) is 43.9 Å². The van der Waals surface area contributed by atoms with E-state index in [0.717, 1.165) is 31.0 Å². The molecule has 2 amide bonds. The molecule has 1 saturated heterocycles. The molecule has 1 aliphatic carbocycles. The first kappa shape index (κ1) is 25.1. The first-order valence-electron chi connectivity index (χ1n) is 11.7. The molecule has 2 aliphatic rings. The molecule has 1 aromatic carbocycles. The van der Waals surface area contributed by atoms with Gasteiger partial charge < -0.3 is 14.7 Å². The van der Waals surface area contributed by atoms with Crippen LogP contribution in [0.15, 0.2) is 24.3 Å². The molecule has 0 atom stereocenters. The maximum absolute atomic E-state index is 12.6. The van der Waals surface area contributed by atoms with E-state index >= 15 is 0 Å². The van der Waals surface area contributed by atoms with Gasteiger partial charge in [-0.05, 0) is 75.4 Å². The third-order valence-electron chi connectivity index (χ3n) is 6.81. The number of halogens is 2. The van der Waals surface area contributed by atoms with E-state index in [-0.39, 0.29) is 11.8 Å². The van der Waals surface area contributed by atoms with Crippen LogP contribution in [0.4, 0.5) is 0 Å². The van der Waals surface area contributed by atoms with Crippen LogP contribution in [0.25, 0.3) is 6.08 Å². The lowest BCUT2D eigenvalue weighted by atomic mass is 9.87. The maximum atomic E-state index is 12.6. The van der Waals surface area contributed by atoms with Gasteiger partial charge in [-0.15, -0.1) is 0 Å². The first-order chi connectivity index (χ1) is 15.3. The zero-order valence-electron chi connectivity index (χ0n) is 19.2. The summed E-state index contributed by atoms with van der Waals surface area (Å²) in [6.07, 6.45) is 9.84. The molecule has 1 heterocycles. The summed E-state index contributed by atoms with van der Waals surface area (Å²) in [6.45, 7) is 5.73. The molecule has 0 unspecified atom stereocenters. The molecule has 7 heteroatoms. The summed E-state index contributed by atoms with van der Waals surface area (Å²) in [7, 11) is 2.21. The van der Waals surface area contributed by atoms with E-state index in [0.29, 0.717) is 42.1 Å². The van der Waals surface area contributed by atoms with Crippen molar-refractivity contribution in [1.29, 1.82) is 0 Å². The minimum atomic E-state index is -0.0861. The highest BCUT2D eigenvalue weighted by molar-refractivity contribution is 6.42. The third kappa shape index (κ3) is 7.23. The molecule has 1 aromatic rings. The zero-order chi connectivity index (χ0) is 23.1. The Morgan fingerprint density at radius 2 is 1.88 bits per heavy atom. The summed E-state index contributed by atoms with van der Waals surface area (Å²) in [5.41, 5.74) is 0.816. The number of hydrogen-bond acceptors (Lipinski definition) is 3. The lowest BCUT2D eigenvalue weighted by Crippen LogP contribution is -2.39. The Bertz CT molecular complexity index is 821. The second-order valence-electron chi connectivity index (χ2n) is 9.21. The van der Waals surface area contributed by atoms with Crippen molar-refractivity contribution in [3.63, 3.8) is 0 Å². The minimum Gasteiger partial charge on any atom is -0.341 e. The Morgan fingerprint density at radius 1 is 1.12 bits per heavy atom. The van der Waals surface area contributed by atoms with Gasteiger partial charge >= 0.3 is 0 Å². The molecule has 1 aliphatic heterocycles. The Morgan fingerprint density at radius 3 is 2.59 bits per heavy atom. The fourth-order valence-corrected chi connectivity index (χ4v) is 4.90. The van der Waals surface area contributed by atoms with E-state index in [1.807, 2.05) is 11.0 Å². The lowest BCUT2D eigenvalue weighted by Gasteiger charge is -2.34. The summed E-state index contributed by atoms with van der Waals surface area (Å²) < 4.78 is 0. The van der Waals surface area contributed by atoms with Gasteiger partial charge in [0.05, 0.1) is 10.0 Å². The largest absolute Gasteiger partial charge is 0.341 e. The zero-order valence-corrected chi connectivity index (χ0v) is 20.7. The molecule has 0 spiro atoms. The number of rotatable bonds is 7. The van der Waals surface area contributed by atoms with Crippen LogP contribution in [0, 0.1) is 5.92 Å². The van der Waals surface area contributed by atoms with Crippen molar-refractivity contribution in [1.82, 2.24) is 14.7 Å². The van der Waals surface area contributed by atoms with Gasteiger partial charge in [-0.1, -0.05) is 36.2 Å². The predicted octanol–water partition coefficient (Wildman–Crippen LogP) is 4.97. The third-order valence-corrected chi connectivity index (χ3v) is 7.55. The quantitative estimate of drug-likeness (QED) is 0.518. The monoisotopic (exact) mass is 479 g/mol. The van der Waals surface area contributed by atoms with Gasteiger partial charge in [0.15, 0.2) is 0 Å². The van der Waals surface area contributed by atoms with Gasteiger partial charge in [0.2, 0.25) is 11.8 Å². The molecule has 2 fully saturated rings. The highest BCUT2D eigenvalue weighted by atomic mass is 35.5. The van der Waals surface area contributed by atoms with Crippen LogP contribution in [0.1, 0.15) is 51.0 Å². The van der Waals surface area contributed by atoms with Gasteiger partial charge in [0.1, 0.15) is 0 Å². The van der Waals surface area contributed by atoms with Crippen LogP contribution in [-0.2, 0) is 9.59 Å². The van der Waals surface area contributed by atoms with Crippen LogP contribution in [0.2, 0.25) is 10.0 Å². The molecular formula is C25H35Cl2N3O2. The molecule has 5 nitrogen and oxygen atoms in total. The van der Waals surface area contributed by atoms with E-state index in [9.17, 15) is 9.59 Å². The fraction of sp³-hybridized carbons (Fsp3) is 0.600. The summed E-state index contributed by atoms with van der Waals surface area (Å²) in [4.78, 5) is 31.4. The minimum absolute atomic E-state index is 0.0861. The summed E-state index contributed by atoms with van der Waals surface area (Å²) in [5, 5.41) is 0.946. The second-order valence-corrected chi connectivity index (χ2v) is 10.0. The Balaban J connectivity index is 1.44. The lowest BCUT2D eigenvalue weighted by molar-refractivity contribution is -0.130. The molecule has 1 saturated carbocycles. The van der Waals surface area contributed by atoms with Crippen molar-refractivity contribution in [2.45, 2.75) is 51.5 Å². The highest BCUT2D eigenvalue weighted by Gasteiger charge is 2.24. The molecule has 0 radical (unpaired) electrons. The van der Waals surface area contributed by atoms with Crippen molar-refractivity contribution >= 4 is 41.1 Å². The number of hydrogen-bond donors (Lipinski definition) is 0. The van der Waals surface area contributed by atoms with Crippen LogP contribution in [0.3, 0.4) is 0 Å². The molecule has 3 rings (SSSR count). The molecule has 32 heavy (non-hydrogen) atoms. The highest BCUT2D eigenvalue weighted by Crippen LogP contribution is 2.26. The fourth-order valence-electron chi connectivity index (χ4n) is 4.59. The summed E-state index contributed by atoms with van der Waals surface area (Å²) in [5.74, 6) is 0.916. The number of carbonyl (C=O) groups is 2. The average molecular weight is 480 g/mol. The van der Waals surface area contributed by atoms with Gasteiger partial charge in [-0.25, -0.2) is 0 Å². The normalized spacial score (nSPS) is 22.6. The van der Waals surface area contributed by atoms with E-state index in [1.54, 1.807) is 29.2 Å². The maximum Gasteiger partial charge on any atom is 0.246 e. The standard InChI is InChI=1S/C25H35Cl2N3O2/c1-19-4-8-21(9-5-19)28(2)13-3-14-29-16-17-30(15-12-25(29)32)24(31)11-7-20-6-10-22(26)23(27)18-20/h6-7,10-11,18-19,21H,3-5,8-9,12-17H2,1-2H3/b11-7+. The summed E-state index contributed by atoms with van der Waals surface area (Å²) >= 11 is 12.0. The summed E-state index contributed by atoms with van der Waals surface area (Å²) in [6, 6.07) is 5.94. The van der Waals surface area contributed by atoms with Gasteiger partial charge in [0.25, 0.3) is 0 Å². The first-order valence-corrected chi connectivity index (χ1v) is 12.5. The van der Waals surface area contributed by atoms with Gasteiger partial charge in [0, 0.05) is 44.7 Å². The number of benzene rings is 1. The number of amides is 2. The number of nitrogens with zero attached hydrogens (tertiary/aromatic N) is 3. The van der Waals surface area contributed by atoms with Crippen molar-refractivity contribution < 1.29 is 9.59 Å². The van der Waals surface area contributed by atoms with Crippen molar-refractivity contribution in [2.24, 2.45) is 5.92 Å². The second kappa shape index (κ2) is 12.1. The van der Waals surface area contributed by atoms with E-state index in [4.69, 9.17) is 23.2 Å². The van der Waals surface area contributed by atoms with Crippen molar-refractivity contribution in [3.8, 4) is 0 Å². The van der Waals surface area contributed by atoms with E-state index < -0.39 is 0 Å². The molecule has 0 N–H and O–H groups in total. The predicted molar refractivity (Wildman–Crippen MR) is 132 cm³/mol. The van der Waals surface area contributed by atoms with Crippen LogP contribution < -0.4 is 0 Å². The van der Waals surface area contributed by atoms with Gasteiger partial charge in [-0.2, -0.15) is 0 Å². The van der Waals surface area contributed by atoms with E-state index in [2.05, 4.69) is 18.9 Å². The molecule has 0 aromatic heterocycles. The van der Waals surface area contributed by atoms with E-state index in [1.165, 1.54) is 25.7 Å². The van der Waals surface area contributed by atoms with Crippen molar-refractivity contribution in [3.05, 3.63) is 39.9 Å². The van der Waals surface area contributed by atoms with Crippen LogP contribution in [0.5, 0.6) is 0 Å². The smallest absolute Gasteiger partial charge is 0.246 e. The Hall–Kier alpha value is -1.56. The Kier molecular flexibility index (Phi) is 9.45. The average Bonchev–Trinajstić information content (AvgIpc) is 2.96. The molecule has 176 valence electrons. The van der Waals surface area contributed by atoms with Crippen LogP contribution in [-0.4, -0.2) is 72.3 Å². The SMILES string of the molecule is CC1CCC(N(C)CCCN2CCN(C(=O)/C=C/c3ccc(Cl)c(Cl)c3)CCC2=O)CC1. The van der Waals surface area contributed by atoms with Crippen LogP contribution >= 0.6 is 23.2 Å². The molecule has 0 bridgehead atoms. The number of carbonyl (C=O) groups excluding carboxylic acids is 2. The Labute approximate surface area is 202 Å². The molecular weight excluding hydrogens is 445 g/mol. The van der Waals surface area contributed by atoms with Crippen molar-refractivity contribution in [2.75, 3.05) is 39.8 Å². The van der Waals surface area contributed by atoms with Gasteiger partial charge in [-0.3, -0.25) is 9.59 Å².